The largest absolute Gasteiger partial charge is 0.326 e. The fraction of sp³-hybridized carbons (Fsp3) is 0.333. The van der Waals surface area contributed by atoms with E-state index < -0.39 is 17.1 Å². The topological polar surface area (TPSA) is 58.2 Å². The average Bonchev–Trinajstić information content (AvgIpc) is 2.30. The Morgan fingerprint density at radius 3 is 2.89 bits per heavy atom. The van der Waals surface area contributed by atoms with Crippen LogP contribution in [0.25, 0.3) is 0 Å². The fourth-order valence-corrected chi connectivity index (χ4v) is 1.78. The first-order valence-corrected chi connectivity index (χ1v) is 5.98. The third-order valence-corrected chi connectivity index (χ3v) is 2.91. The Morgan fingerprint density at radius 1 is 1.50 bits per heavy atom. The van der Waals surface area contributed by atoms with Gasteiger partial charge in [-0.05, 0) is 31.0 Å². The number of fused-ring (bicyclic) bond motifs is 1. The predicted octanol–water partition coefficient (Wildman–Crippen LogP) is 2.28. The SMILES string of the molecule is CC(Cl)C(=O)Nc1cc2c(cc1F)CCC(=O)N2. The van der Waals surface area contributed by atoms with Crippen LogP contribution in [0.2, 0.25) is 0 Å². The van der Waals surface area contributed by atoms with Crippen molar-refractivity contribution in [3.05, 3.63) is 23.5 Å². The second-order valence-electron chi connectivity index (χ2n) is 4.14. The maximum Gasteiger partial charge on any atom is 0.242 e. The monoisotopic (exact) mass is 270 g/mol. The van der Waals surface area contributed by atoms with E-state index in [1.165, 1.54) is 19.1 Å². The molecule has 1 atom stereocenters. The zero-order valence-electron chi connectivity index (χ0n) is 9.72. The second kappa shape index (κ2) is 4.94. The van der Waals surface area contributed by atoms with Crippen molar-refractivity contribution in [1.82, 2.24) is 0 Å². The minimum Gasteiger partial charge on any atom is -0.326 e. The van der Waals surface area contributed by atoms with E-state index in [4.69, 9.17) is 11.6 Å². The van der Waals surface area contributed by atoms with Crippen molar-refractivity contribution < 1.29 is 14.0 Å². The molecule has 0 spiro atoms. The predicted molar refractivity (Wildman–Crippen MR) is 67.3 cm³/mol. The number of anilines is 2. The van der Waals surface area contributed by atoms with Crippen LogP contribution in [0, 0.1) is 5.82 Å². The number of halogens is 2. The Kier molecular flexibility index (Phi) is 3.52. The number of hydrogen-bond donors (Lipinski definition) is 2. The maximum absolute atomic E-state index is 13.7. The summed E-state index contributed by atoms with van der Waals surface area (Å²) < 4.78 is 13.7. The van der Waals surface area contributed by atoms with Crippen LogP contribution in [0.15, 0.2) is 12.1 Å². The van der Waals surface area contributed by atoms with Crippen molar-refractivity contribution in [2.24, 2.45) is 0 Å². The molecule has 1 aromatic carbocycles. The van der Waals surface area contributed by atoms with Gasteiger partial charge < -0.3 is 10.6 Å². The van der Waals surface area contributed by atoms with E-state index in [1.54, 1.807) is 0 Å². The molecule has 96 valence electrons. The van der Waals surface area contributed by atoms with Gasteiger partial charge in [0.2, 0.25) is 11.8 Å². The number of aryl methyl sites for hydroxylation is 1. The van der Waals surface area contributed by atoms with Gasteiger partial charge in [0.25, 0.3) is 0 Å². The molecule has 1 aliphatic heterocycles. The van der Waals surface area contributed by atoms with Gasteiger partial charge in [-0.2, -0.15) is 0 Å². The van der Waals surface area contributed by atoms with Crippen LogP contribution in [-0.4, -0.2) is 17.2 Å². The van der Waals surface area contributed by atoms with Gasteiger partial charge >= 0.3 is 0 Å². The summed E-state index contributed by atoms with van der Waals surface area (Å²) in [4.78, 5) is 22.6. The first kappa shape index (κ1) is 12.8. The Morgan fingerprint density at radius 2 is 2.22 bits per heavy atom. The minimum absolute atomic E-state index is 0.0217. The standard InChI is InChI=1S/C12H12ClFN2O2/c1-6(13)12(18)16-10-5-9-7(4-8(10)14)2-3-11(17)15-9/h4-6H,2-3H2,1H3,(H,15,17)(H,16,18). The van der Waals surface area contributed by atoms with Crippen LogP contribution >= 0.6 is 11.6 Å². The molecular formula is C12H12ClFN2O2. The van der Waals surface area contributed by atoms with E-state index in [0.717, 1.165) is 5.56 Å². The molecule has 0 fully saturated rings. The summed E-state index contributed by atoms with van der Waals surface area (Å²) in [7, 11) is 0. The van der Waals surface area contributed by atoms with E-state index in [1.807, 2.05) is 0 Å². The number of nitrogens with one attached hydrogen (secondary N) is 2. The van der Waals surface area contributed by atoms with Crippen molar-refractivity contribution in [1.29, 1.82) is 0 Å². The molecule has 4 nitrogen and oxygen atoms in total. The highest BCUT2D eigenvalue weighted by Crippen LogP contribution is 2.28. The number of carbonyl (C=O) groups is 2. The number of benzene rings is 1. The van der Waals surface area contributed by atoms with Crippen LogP contribution < -0.4 is 10.6 Å². The number of carbonyl (C=O) groups excluding carboxylic acids is 2. The molecule has 6 heteroatoms. The highest BCUT2D eigenvalue weighted by molar-refractivity contribution is 6.32. The van der Waals surface area contributed by atoms with Gasteiger partial charge in [-0.25, -0.2) is 4.39 Å². The van der Waals surface area contributed by atoms with Crippen LogP contribution in [0.4, 0.5) is 15.8 Å². The molecule has 0 radical (unpaired) electrons. The molecule has 18 heavy (non-hydrogen) atoms. The molecule has 1 heterocycles. The molecule has 1 unspecified atom stereocenters. The first-order chi connectivity index (χ1) is 8.47. The lowest BCUT2D eigenvalue weighted by Gasteiger charge is -2.18. The summed E-state index contributed by atoms with van der Waals surface area (Å²) in [6.45, 7) is 1.50. The van der Waals surface area contributed by atoms with Crippen LogP contribution in [0.5, 0.6) is 0 Å². The lowest BCUT2D eigenvalue weighted by molar-refractivity contribution is -0.116. The van der Waals surface area contributed by atoms with E-state index in [2.05, 4.69) is 10.6 Å². The molecule has 0 aliphatic carbocycles. The Labute approximate surface area is 109 Å². The quantitative estimate of drug-likeness (QED) is 0.810. The summed E-state index contributed by atoms with van der Waals surface area (Å²) >= 11 is 5.59. The summed E-state index contributed by atoms with van der Waals surface area (Å²) in [5.41, 5.74) is 1.28. The van der Waals surface area contributed by atoms with Gasteiger partial charge in [-0.1, -0.05) is 0 Å². The third-order valence-electron chi connectivity index (χ3n) is 2.71. The van der Waals surface area contributed by atoms with E-state index in [-0.39, 0.29) is 11.6 Å². The Bertz CT molecular complexity index is 517. The van der Waals surface area contributed by atoms with Crippen LogP contribution in [0.3, 0.4) is 0 Å². The molecule has 1 aliphatic rings. The zero-order valence-corrected chi connectivity index (χ0v) is 10.5. The van der Waals surface area contributed by atoms with Crippen molar-refractivity contribution in [3.8, 4) is 0 Å². The summed E-state index contributed by atoms with van der Waals surface area (Å²) in [5, 5.41) is 4.26. The lowest BCUT2D eigenvalue weighted by atomic mass is 10.0. The molecule has 0 saturated carbocycles. The first-order valence-electron chi connectivity index (χ1n) is 5.54. The second-order valence-corrected chi connectivity index (χ2v) is 4.80. The molecule has 2 N–H and O–H groups in total. The fourth-order valence-electron chi connectivity index (χ4n) is 1.73. The van der Waals surface area contributed by atoms with Gasteiger partial charge in [0.1, 0.15) is 11.2 Å². The summed E-state index contributed by atoms with van der Waals surface area (Å²) in [6.07, 6.45) is 0.842. The van der Waals surface area contributed by atoms with Crippen molar-refractivity contribution >= 4 is 34.8 Å². The lowest BCUT2D eigenvalue weighted by Crippen LogP contribution is -2.23. The van der Waals surface area contributed by atoms with E-state index in [9.17, 15) is 14.0 Å². The normalized spacial score (nSPS) is 15.6. The van der Waals surface area contributed by atoms with Crippen molar-refractivity contribution in [2.75, 3.05) is 10.6 Å². The Balaban J connectivity index is 2.29. The molecular weight excluding hydrogens is 259 g/mol. The minimum atomic E-state index is -0.755. The molecule has 1 aromatic rings. The smallest absolute Gasteiger partial charge is 0.242 e. The zero-order chi connectivity index (χ0) is 13.3. The summed E-state index contributed by atoms with van der Waals surface area (Å²) in [6, 6.07) is 2.74. The number of amides is 2. The number of rotatable bonds is 2. The molecule has 2 amide bonds. The average molecular weight is 271 g/mol. The van der Waals surface area contributed by atoms with Crippen LogP contribution in [-0.2, 0) is 16.0 Å². The van der Waals surface area contributed by atoms with Gasteiger partial charge in [-0.3, -0.25) is 9.59 Å². The van der Waals surface area contributed by atoms with Crippen LogP contribution in [0.1, 0.15) is 18.9 Å². The molecule has 0 aromatic heterocycles. The van der Waals surface area contributed by atoms with E-state index >= 15 is 0 Å². The van der Waals surface area contributed by atoms with Gasteiger partial charge in [0, 0.05) is 12.1 Å². The van der Waals surface area contributed by atoms with Gasteiger partial charge in [0.15, 0.2) is 0 Å². The molecule has 0 saturated heterocycles. The number of alkyl halides is 1. The van der Waals surface area contributed by atoms with Crippen molar-refractivity contribution in [2.45, 2.75) is 25.1 Å². The highest BCUT2D eigenvalue weighted by atomic mass is 35.5. The molecule has 0 bridgehead atoms. The van der Waals surface area contributed by atoms with Gasteiger partial charge in [0.05, 0.1) is 5.69 Å². The summed E-state index contributed by atoms with van der Waals surface area (Å²) in [5.74, 6) is -1.13. The van der Waals surface area contributed by atoms with Crippen molar-refractivity contribution in [3.63, 3.8) is 0 Å². The third kappa shape index (κ3) is 2.61. The highest BCUT2D eigenvalue weighted by Gasteiger charge is 2.19. The van der Waals surface area contributed by atoms with E-state index in [0.29, 0.717) is 18.5 Å². The maximum atomic E-state index is 13.7. The van der Waals surface area contributed by atoms with Gasteiger partial charge in [-0.15, -0.1) is 11.6 Å². The Hall–Kier alpha value is -1.62. The molecule has 2 rings (SSSR count). The number of hydrogen-bond acceptors (Lipinski definition) is 2.